The molecule has 0 aliphatic carbocycles. The number of methoxy groups -OCH3 is 2. The van der Waals surface area contributed by atoms with E-state index in [1.54, 1.807) is 26.4 Å². The molecular formula is C13H15N3O3. The van der Waals surface area contributed by atoms with Crippen LogP contribution in [-0.4, -0.2) is 24.4 Å². The number of ether oxygens (including phenoxy) is 2. The number of hydrogen-bond acceptors (Lipinski definition) is 5. The van der Waals surface area contributed by atoms with Crippen molar-refractivity contribution in [3.63, 3.8) is 0 Å². The fourth-order valence-electron chi connectivity index (χ4n) is 1.83. The first kappa shape index (κ1) is 13.1. The van der Waals surface area contributed by atoms with Gasteiger partial charge in [-0.1, -0.05) is 0 Å². The Hall–Kier alpha value is -2.34. The predicted octanol–water partition coefficient (Wildman–Crippen LogP) is 0.913. The third-order valence-electron chi connectivity index (χ3n) is 2.76. The Kier molecular flexibility index (Phi) is 3.82. The number of nitrogens with one attached hydrogen (secondary N) is 1. The number of hydrogen-bond donors (Lipinski definition) is 2. The largest absolute Gasteiger partial charge is 0.493 e. The first-order valence-corrected chi connectivity index (χ1v) is 5.70. The Morgan fingerprint density at radius 1 is 1.21 bits per heavy atom. The minimum atomic E-state index is -0.273. The molecule has 1 heterocycles. The van der Waals surface area contributed by atoms with Crippen LogP contribution >= 0.6 is 0 Å². The molecule has 0 saturated heterocycles. The maximum Gasteiger partial charge on any atom is 0.264 e. The lowest BCUT2D eigenvalue weighted by atomic mass is 10.1. The van der Waals surface area contributed by atoms with Crippen molar-refractivity contribution in [2.24, 2.45) is 5.73 Å². The SMILES string of the molecule is COc1ccc(-c2n[nH]c(=O)cc2CN)cc1OC. The Morgan fingerprint density at radius 2 is 1.95 bits per heavy atom. The quantitative estimate of drug-likeness (QED) is 0.853. The second-order valence-electron chi connectivity index (χ2n) is 3.88. The predicted molar refractivity (Wildman–Crippen MR) is 71.3 cm³/mol. The maximum absolute atomic E-state index is 11.2. The Morgan fingerprint density at radius 3 is 2.58 bits per heavy atom. The van der Waals surface area contributed by atoms with Crippen LogP contribution in [-0.2, 0) is 6.54 Å². The van der Waals surface area contributed by atoms with Gasteiger partial charge in [0.15, 0.2) is 11.5 Å². The number of aromatic amines is 1. The zero-order chi connectivity index (χ0) is 13.8. The number of nitrogens with zero attached hydrogens (tertiary/aromatic N) is 1. The molecule has 2 aromatic rings. The molecule has 0 unspecified atom stereocenters. The molecule has 0 bridgehead atoms. The third kappa shape index (κ3) is 2.58. The molecule has 6 heteroatoms. The van der Waals surface area contributed by atoms with Crippen LogP contribution in [0.4, 0.5) is 0 Å². The van der Waals surface area contributed by atoms with Crippen molar-refractivity contribution in [3.8, 4) is 22.8 Å². The van der Waals surface area contributed by atoms with Crippen LogP contribution < -0.4 is 20.8 Å². The van der Waals surface area contributed by atoms with Crippen molar-refractivity contribution in [3.05, 3.63) is 40.2 Å². The molecular weight excluding hydrogens is 246 g/mol. The summed E-state index contributed by atoms with van der Waals surface area (Å²) in [6.07, 6.45) is 0. The van der Waals surface area contributed by atoms with Gasteiger partial charge in [-0.3, -0.25) is 4.79 Å². The lowest BCUT2D eigenvalue weighted by Gasteiger charge is -2.10. The van der Waals surface area contributed by atoms with Crippen molar-refractivity contribution in [2.45, 2.75) is 6.54 Å². The van der Waals surface area contributed by atoms with E-state index in [4.69, 9.17) is 15.2 Å². The van der Waals surface area contributed by atoms with Crippen LogP contribution in [0, 0.1) is 0 Å². The lowest BCUT2D eigenvalue weighted by Crippen LogP contribution is -2.12. The molecule has 1 aromatic heterocycles. The van der Waals surface area contributed by atoms with Crippen LogP contribution in [0.1, 0.15) is 5.56 Å². The average molecular weight is 261 g/mol. The van der Waals surface area contributed by atoms with E-state index in [-0.39, 0.29) is 12.1 Å². The molecule has 0 aliphatic heterocycles. The molecule has 0 atom stereocenters. The highest BCUT2D eigenvalue weighted by atomic mass is 16.5. The summed E-state index contributed by atoms with van der Waals surface area (Å²) in [5.74, 6) is 1.22. The van der Waals surface area contributed by atoms with Gasteiger partial charge < -0.3 is 15.2 Å². The van der Waals surface area contributed by atoms with Crippen molar-refractivity contribution in [1.82, 2.24) is 10.2 Å². The summed E-state index contributed by atoms with van der Waals surface area (Å²) in [5.41, 5.74) is 7.47. The second-order valence-corrected chi connectivity index (χ2v) is 3.88. The number of rotatable bonds is 4. The van der Waals surface area contributed by atoms with E-state index in [0.717, 1.165) is 5.56 Å². The number of H-pyrrole nitrogens is 1. The summed E-state index contributed by atoms with van der Waals surface area (Å²) >= 11 is 0. The monoisotopic (exact) mass is 261 g/mol. The Labute approximate surface area is 110 Å². The van der Waals surface area contributed by atoms with Crippen molar-refractivity contribution in [2.75, 3.05) is 14.2 Å². The van der Waals surface area contributed by atoms with E-state index in [2.05, 4.69) is 10.2 Å². The van der Waals surface area contributed by atoms with Gasteiger partial charge in [-0.05, 0) is 23.8 Å². The van der Waals surface area contributed by atoms with Crippen LogP contribution in [0.2, 0.25) is 0 Å². The van der Waals surface area contributed by atoms with E-state index in [1.807, 2.05) is 6.07 Å². The van der Waals surface area contributed by atoms with Gasteiger partial charge in [0.25, 0.3) is 5.56 Å². The summed E-state index contributed by atoms with van der Waals surface area (Å²) in [6, 6.07) is 6.85. The molecule has 0 saturated carbocycles. The first-order chi connectivity index (χ1) is 9.19. The molecule has 0 fully saturated rings. The third-order valence-corrected chi connectivity index (χ3v) is 2.76. The summed E-state index contributed by atoms with van der Waals surface area (Å²) in [4.78, 5) is 11.2. The summed E-state index contributed by atoms with van der Waals surface area (Å²) in [5, 5.41) is 6.44. The summed E-state index contributed by atoms with van der Waals surface area (Å²) in [6.45, 7) is 0.237. The molecule has 0 amide bonds. The van der Waals surface area contributed by atoms with E-state index >= 15 is 0 Å². The highest BCUT2D eigenvalue weighted by Gasteiger charge is 2.10. The number of benzene rings is 1. The molecule has 3 N–H and O–H groups in total. The Bertz CT molecular complexity index is 637. The number of aromatic nitrogens is 2. The minimum Gasteiger partial charge on any atom is -0.493 e. The van der Waals surface area contributed by atoms with Gasteiger partial charge in [0, 0.05) is 18.2 Å². The van der Waals surface area contributed by atoms with Gasteiger partial charge in [-0.25, -0.2) is 5.10 Å². The maximum atomic E-state index is 11.2. The topological polar surface area (TPSA) is 90.2 Å². The Balaban J connectivity index is 2.56. The minimum absolute atomic E-state index is 0.237. The van der Waals surface area contributed by atoms with Crippen LogP contribution in [0.3, 0.4) is 0 Å². The fraction of sp³-hybridized carbons (Fsp3) is 0.231. The normalized spacial score (nSPS) is 10.3. The van der Waals surface area contributed by atoms with Crippen molar-refractivity contribution >= 4 is 0 Å². The van der Waals surface area contributed by atoms with E-state index in [9.17, 15) is 4.79 Å². The van der Waals surface area contributed by atoms with Gasteiger partial charge in [0.2, 0.25) is 0 Å². The standard InChI is InChI=1S/C13H15N3O3/c1-18-10-4-3-8(5-11(10)19-2)13-9(7-14)6-12(17)15-16-13/h3-6H,7,14H2,1-2H3,(H,15,17). The molecule has 0 spiro atoms. The highest BCUT2D eigenvalue weighted by Crippen LogP contribution is 2.32. The van der Waals surface area contributed by atoms with Gasteiger partial charge in [0.1, 0.15) is 0 Å². The first-order valence-electron chi connectivity index (χ1n) is 5.70. The van der Waals surface area contributed by atoms with Crippen LogP contribution in [0.25, 0.3) is 11.3 Å². The van der Waals surface area contributed by atoms with Gasteiger partial charge in [-0.2, -0.15) is 5.10 Å². The molecule has 0 aliphatic rings. The number of nitrogens with two attached hydrogens (primary N) is 1. The van der Waals surface area contributed by atoms with Crippen molar-refractivity contribution in [1.29, 1.82) is 0 Å². The van der Waals surface area contributed by atoms with E-state index < -0.39 is 0 Å². The highest BCUT2D eigenvalue weighted by molar-refractivity contribution is 5.66. The molecule has 1 aromatic carbocycles. The molecule has 100 valence electrons. The zero-order valence-corrected chi connectivity index (χ0v) is 10.8. The van der Waals surface area contributed by atoms with Crippen LogP contribution in [0.15, 0.2) is 29.1 Å². The summed E-state index contributed by atoms with van der Waals surface area (Å²) < 4.78 is 10.4. The molecule has 2 rings (SSSR count). The fourth-order valence-corrected chi connectivity index (χ4v) is 1.83. The van der Waals surface area contributed by atoms with Gasteiger partial charge >= 0.3 is 0 Å². The average Bonchev–Trinajstić information content (AvgIpc) is 2.46. The van der Waals surface area contributed by atoms with Gasteiger partial charge in [-0.15, -0.1) is 0 Å². The zero-order valence-electron chi connectivity index (χ0n) is 10.8. The van der Waals surface area contributed by atoms with Crippen LogP contribution in [0.5, 0.6) is 11.5 Å². The van der Waals surface area contributed by atoms with E-state index in [1.165, 1.54) is 6.07 Å². The van der Waals surface area contributed by atoms with Gasteiger partial charge in [0.05, 0.1) is 19.9 Å². The molecule has 6 nitrogen and oxygen atoms in total. The second kappa shape index (κ2) is 5.53. The lowest BCUT2D eigenvalue weighted by molar-refractivity contribution is 0.355. The summed E-state index contributed by atoms with van der Waals surface area (Å²) in [7, 11) is 3.13. The smallest absolute Gasteiger partial charge is 0.264 e. The molecule has 19 heavy (non-hydrogen) atoms. The van der Waals surface area contributed by atoms with Crippen molar-refractivity contribution < 1.29 is 9.47 Å². The molecule has 0 radical (unpaired) electrons. The van der Waals surface area contributed by atoms with E-state index in [0.29, 0.717) is 22.8 Å².